The molecule has 27 heavy (non-hydrogen) atoms. The van der Waals surface area contributed by atoms with Gasteiger partial charge in [-0.05, 0) is 57.6 Å². The summed E-state index contributed by atoms with van der Waals surface area (Å²) >= 11 is 0. The summed E-state index contributed by atoms with van der Waals surface area (Å²) in [6.07, 6.45) is 7.26. The van der Waals surface area contributed by atoms with Crippen LogP contribution < -0.4 is 0 Å². The third-order valence-electron chi connectivity index (χ3n) is 4.99. The number of rotatable bonds is 6. The van der Waals surface area contributed by atoms with Crippen LogP contribution in [0.3, 0.4) is 0 Å². The molecule has 0 saturated heterocycles. The summed E-state index contributed by atoms with van der Waals surface area (Å²) in [7, 11) is 0. The zero-order chi connectivity index (χ0) is 19.6. The Balaban J connectivity index is 1.78. The first-order chi connectivity index (χ1) is 12.7. The average Bonchev–Trinajstić information content (AvgIpc) is 2.97. The van der Waals surface area contributed by atoms with Crippen molar-refractivity contribution in [3.05, 3.63) is 35.8 Å². The molecule has 0 bridgehead atoms. The molecule has 0 aromatic carbocycles. The smallest absolute Gasteiger partial charge is 0.410 e. The molecule has 1 unspecified atom stereocenters. The first-order valence-electron chi connectivity index (χ1n) is 9.88. The van der Waals surface area contributed by atoms with Gasteiger partial charge in [0.2, 0.25) is 0 Å². The van der Waals surface area contributed by atoms with Gasteiger partial charge in [-0.15, -0.1) is 0 Å². The van der Waals surface area contributed by atoms with Gasteiger partial charge in [-0.2, -0.15) is 0 Å². The van der Waals surface area contributed by atoms with Crippen molar-refractivity contribution in [2.45, 2.75) is 71.6 Å². The first kappa shape index (κ1) is 19.7. The highest BCUT2D eigenvalue weighted by Gasteiger charge is 2.27. The molecule has 1 aliphatic rings. The summed E-state index contributed by atoms with van der Waals surface area (Å²) in [5.41, 5.74) is 1.98. The number of aromatic nitrogens is 2. The number of nitrogens with zero attached hydrogens (tertiary/aromatic N) is 3. The summed E-state index contributed by atoms with van der Waals surface area (Å²) in [5.74, 6) is 0.570. The van der Waals surface area contributed by atoms with Gasteiger partial charge < -0.3 is 19.1 Å². The standard InChI is InChI=1S/C21H31N3O3/c1-5-18(25)17-14-23-12-16(9-10-19(23)22-17)13-24(11-15-7-6-8-15)20(26)27-21(2,3)4/h9-10,12,14-15,18,25H,5-8,11,13H2,1-4H3. The quantitative estimate of drug-likeness (QED) is 0.819. The SMILES string of the molecule is CCC(O)c1cn2cc(CN(CC3CCC3)C(=O)OC(C)(C)C)ccc2n1. The molecule has 1 atom stereocenters. The van der Waals surface area contributed by atoms with Gasteiger partial charge in [-0.25, -0.2) is 9.78 Å². The molecule has 0 aliphatic heterocycles. The number of pyridine rings is 1. The lowest BCUT2D eigenvalue weighted by molar-refractivity contribution is 0.0173. The molecular weight excluding hydrogens is 342 g/mol. The minimum absolute atomic E-state index is 0.262. The van der Waals surface area contributed by atoms with Crippen LogP contribution in [0.4, 0.5) is 4.79 Å². The van der Waals surface area contributed by atoms with Gasteiger partial charge in [0, 0.05) is 18.9 Å². The highest BCUT2D eigenvalue weighted by molar-refractivity contribution is 5.68. The van der Waals surface area contributed by atoms with Gasteiger partial charge in [0.25, 0.3) is 0 Å². The predicted octanol–water partition coefficient (Wildman–Crippen LogP) is 4.31. The van der Waals surface area contributed by atoms with Gasteiger partial charge in [-0.3, -0.25) is 0 Å². The summed E-state index contributed by atoms with van der Waals surface area (Å²) in [6.45, 7) is 8.85. The fraction of sp³-hybridized carbons (Fsp3) is 0.619. The van der Waals surface area contributed by atoms with Crippen molar-refractivity contribution >= 4 is 11.7 Å². The number of carbonyl (C=O) groups excluding carboxylic acids is 1. The number of imidazole rings is 1. The van der Waals surface area contributed by atoms with Crippen LogP contribution in [-0.4, -0.2) is 37.6 Å². The second-order valence-electron chi connectivity index (χ2n) is 8.55. The van der Waals surface area contributed by atoms with Gasteiger partial charge in [0.05, 0.1) is 18.3 Å². The Hall–Kier alpha value is -2.08. The summed E-state index contributed by atoms with van der Waals surface area (Å²) in [6, 6.07) is 3.92. The molecule has 6 heteroatoms. The fourth-order valence-electron chi connectivity index (χ4n) is 3.26. The molecule has 0 radical (unpaired) electrons. The monoisotopic (exact) mass is 373 g/mol. The van der Waals surface area contributed by atoms with Crippen molar-refractivity contribution in [3.63, 3.8) is 0 Å². The van der Waals surface area contributed by atoms with E-state index in [4.69, 9.17) is 4.74 Å². The normalized spacial score (nSPS) is 16.2. The minimum atomic E-state index is -0.551. The molecule has 1 fully saturated rings. The second kappa shape index (κ2) is 7.89. The molecule has 1 N–H and O–H groups in total. The molecule has 6 nitrogen and oxygen atoms in total. The number of aliphatic hydroxyl groups is 1. The zero-order valence-electron chi connectivity index (χ0n) is 16.8. The van der Waals surface area contributed by atoms with Crippen LogP contribution in [0.1, 0.15) is 70.7 Å². The third kappa shape index (κ3) is 5.01. The molecule has 3 rings (SSSR count). The van der Waals surface area contributed by atoms with Crippen LogP contribution in [0.5, 0.6) is 0 Å². The Bertz CT molecular complexity index is 790. The molecule has 1 amide bonds. The van der Waals surface area contributed by atoms with Crippen molar-refractivity contribution < 1.29 is 14.6 Å². The Kier molecular flexibility index (Phi) is 5.75. The van der Waals surface area contributed by atoms with Crippen LogP contribution in [0.25, 0.3) is 5.65 Å². The number of hydrogen-bond acceptors (Lipinski definition) is 4. The van der Waals surface area contributed by atoms with E-state index in [2.05, 4.69) is 4.98 Å². The number of hydrogen-bond donors (Lipinski definition) is 1. The largest absolute Gasteiger partial charge is 0.444 e. The highest BCUT2D eigenvalue weighted by atomic mass is 16.6. The molecule has 2 aromatic rings. The van der Waals surface area contributed by atoms with Crippen LogP contribution in [0.2, 0.25) is 0 Å². The van der Waals surface area contributed by atoms with Gasteiger partial charge >= 0.3 is 6.09 Å². The highest BCUT2D eigenvalue weighted by Crippen LogP contribution is 2.28. The number of carbonyl (C=O) groups is 1. The van der Waals surface area contributed by atoms with Gasteiger partial charge in [0.15, 0.2) is 0 Å². The van der Waals surface area contributed by atoms with Crippen LogP contribution in [0, 0.1) is 5.92 Å². The summed E-state index contributed by atoms with van der Waals surface area (Å²) < 4.78 is 7.53. The van der Waals surface area contributed by atoms with Crippen molar-refractivity contribution in [1.29, 1.82) is 0 Å². The fourth-order valence-corrected chi connectivity index (χ4v) is 3.26. The maximum atomic E-state index is 12.7. The second-order valence-corrected chi connectivity index (χ2v) is 8.55. The molecule has 148 valence electrons. The van der Waals surface area contributed by atoms with E-state index in [0.29, 0.717) is 24.6 Å². The number of ether oxygens (including phenoxy) is 1. The number of fused-ring (bicyclic) bond motifs is 1. The Morgan fingerprint density at radius 3 is 2.70 bits per heavy atom. The maximum Gasteiger partial charge on any atom is 0.410 e. The van der Waals surface area contributed by atoms with E-state index >= 15 is 0 Å². The number of aliphatic hydroxyl groups excluding tert-OH is 1. The Morgan fingerprint density at radius 2 is 2.11 bits per heavy atom. The Labute approximate surface area is 161 Å². The van der Waals surface area contributed by atoms with E-state index in [9.17, 15) is 9.90 Å². The number of amides is 1. The lowest BCUT2D eigenvalue weighted by Gasteiger charge is -2.33. The molecular formula is C21H31N3O3. The predicted molar refractivity (Wildman–Crippen MR) is 104 cm³/mol. The molecule has 2 aromatic heterocycles. The molecule has 2 heterocycles. The lowest BCUT2D eigenvalue weighted by atomic mass is 9.85. The van der Waals surface area contributed by atoms with E-state index < -0.39 is 11.7 Å². The topological polar surface area (TPSA) is 67.1 Å². The Morgan fingerprint density at radius 1 is 1.37 bits per heavy atom. The first-order valence-corrected chi connectivity index (χ1v) is 9.88. The van der Waals surface area contributed by atoms with E-state index in [-0.39, 0.29) is 6.09 Å². The zero-order valence-corrected chi connectivity index (χ0v) is 16.8. The van der Waals surface area contributed by atoms with E-state index in [1.165, 1.54) is 19.3 Å². The van der Waals surface area contributed by atoms with E-state index in [0.717, 1.165) is 17.8 Å². The van der Waals surface area contributed by atoms with Gasteiger partial charge in [0.1, 0.15) is 11.2 Å². The van der Waals surface area contributed by atoms with Gasteiger partial charge in [-0.1, -0.05) is 19.4 Å². The maximum absolute atomic E-state index is 12.7. The molecule has 0 spiro atoms. The lowest BCUT2D eigenvalue weighted by Crippen LogP contribution is -2.40. The summed E-state index contributed by atoms with van der Waals surface area (Å²) in [4.78, 5) is 19.0. The molecule has 1 saturated carbocycles. The van der Waals surface area contributed by atoms with E-state index in [1.807, 2.05) is 61.5 Å². The van der Waals surface area contributed by atoms with Crippen molar-refractivity contribution in [1.82, 2.24) is 14.3 Å². The van der Waals surface area contributed by atoms with Crippen molar-refractivity contribution in [2.75, 3.05) is 6.54 Å². The van der Waals surface area contributed by atoms with Crippen LogP contribution in [-0.2, 0) is 11.3 Å². The third-order valence-corrected chi connectivity index (χ3v) is 4.99. The minimum Gasteiger partial charge on any atom is -0.444 e. The van der Waals surface area contributed by atoms with Crippen LogP contribution in [0.15, 0.2) is 24.5 Å². The van der Waals surface area contributed by atoms with Crippen molar-refractivity contribution in [3.8, 4) is 0 Å². The van der Waals surface area contributed by atoms with Crippen molar-refractivity contribution in [2.24, 2.45) is 5.92 Å². The van der Waals surface area contributed by atoms with E-state index in [1.54, 1.807) is 0 Å². The average molecular weight is 373 g/mol. The van der Waals surface area contributed by atoms with Crippen LogP contribution >= 0.6 is 0 Å². The summed E-state index contributed by atoms with van der Waals surface area (Å²) in [5, 5.41) is 10.0. The molecule has 1 aliphatic carbocycles.